The molecule has 1 amide bonds. The molecule has 28 heavy (non-hydrogen) atoms. The van der Waals surface area contributed by atoms with Crippen LogP contribution in [0.2, 0.25) is 0 Å². The van der Waals surface area contributed by atoms with Crippen LogP contribution in [0.5, 0.6) is 11.5 Å². The van der Waals surface area contributed by atoms with E-state index in [0.717, 1.165) is 48.5 Å². The normalized spacial score (nSPS) is 16.9. The van der Waals surface area contributed by atoms with Crippen molar-refractivity contribution in [3.8, 4) is 11.5 Å². The molecule has 6 heteroatoms. The van der Waals surface area contributed by atoms with Crippen LogP contribution in [0.1, 0.15) is 29.3 Å². The minimum atomic E-state index is 0.0559. The van der Waals surface area contributed by atoms with Gasteiger partial charge in [0.15, 0.2) is 11.5 Å². The third kappa shape index (κ3) is 3.36. The van der Waals surface area contributed by atoms with Gasteiger partial charge in [0.1, 0.15) is 0 Å². The first-order chi connectivity index (χ1) is 13.8. The number of fused-ring (bicyclic) bond motifs is 2. The molecule has 0 aliphatic carbocycles. The van der Waals surface area contributed by atoms with Crippen LogP contribution in [-0.2, 0) is 4.79 Å². The fourth-order valence-electron chi connectivity index (χ4n) is 3.70. The van der Waals surface area contributed by atoms with Gasteiger partial charge >= 0.3 is 0 Å². The zero-order valence-corrected chi connectivity index (χ0v) is 16.2. The molecule has 1 saturated heterocycles. The Labute approximate surface area is 167 Å². The number of piperidine rings is 1. The number of benzene rings is 2. The van der Waals surface area contributed by atoms with Gasteiger partial charge in [0.2, 0.25) is 12.7 Å². The van der Waals surface area contributed by atoms with Crippen molar-refractivity contribution in [2.24, 2.45) is 0 Å². The van der Waals surface area contributed by atoms with Crippen LogP contribution in [0.3, 0.4) is 0 Å². The highest BCUT2D eigenvalue weighted by molar-refractivity contribution is 7.18. The van der Waals surface area contributed by atoms with Gasteiger partial charge in [0, 0.05) is 25.1 Å². The van der Waals surface area contributed by atoms with Crippen molar-refractivity contribution in [3.63, 3.8) is 0 Å². The maximum Gasteiger partial charge on any atom is 0.246 e. The van der Waals surface area contributed by atoms with Crippen LogP contribution in [0.15, 0.2) is 48.5 Å². The summed E-state index contributed by atoms with van der Waals surface area (Å²) in [7, 11) is 0. The van der Waals surface area contributed by atoms with Crippen molar-refractivity contribution in [3.05, 3.63) is 59.1 Å². The standard InChI is InChI=1S/C22H20N2O3S/c25-21(8-6-15-5-7-18-19(13-15)27-14-26-18)24-11-9-16(10-12-24)22-23-17-3-1-2-4-20(17)28-22/h1-8,13,16H,9-12,14H2/b8-6+. The van der Waals surface area contributed by atoms with Gasteiger partial charge in [-0.05, 0) is 48.7 Å². The number of rotatable bonds is 3. The van der Waals surface area contributed by atoms with E-state index in [1.165, 1.54) is 9.71 Å². The van der Waals surface area contributed by atoms with Crippen molar-refractivity contribution >= 4 is 33.5 Å². The number of carbonyl (C=O) groups excluding carboxylic acids is 1. The lowest BCUT2D eigenvalue weighted by Gasteiger charge is -2.30. The van der Waals surface area contributed by atoms with Crippen LogP contribution in [0.25, 0.3) is 16.3 Å². The molecule has 2 aliphatic heterocycles. The smallest absolute Gasteiger partial charge is 0.246 e. The van der Waals surface area contributed by atoms with Crippen molar-refractivity contribution < 1.29 is 14.3 Å². The molecule has 3 aromatic rings. The first kappa shape index (κ1) is 17.3. The number of hydrogen-bond acceptors (Lipinski definition) is 5. The van der Waals surface area contributed by atoms with Gasteiger partial charge in [0.25, 0.3) is 0 Å². The molecule has 0 atom stereocenters. The molecule has 0 unspecified atom stereocenters. The Morgan fingerprint density at radius 1 is 1.11 bits per heavy atom. The summed E-state index contributed by atoms with van der Waals surface area (Å²) in [5.41, 5.74) is 2.01. The predicted molar refractivity (Wildman–Crippen MR) is 110 cm³/mol. The second-order valence-corrected chi connectivity index (χ2v) is 8.13. The summed E-state index contributed by atoms with van der Waals surface area (Å²) in [6, 6.07) is 14.0. The molecule has 3 heterocycles. The largest absolute Gasteiger partial charge is 0.454 e. The molecule has 1 fully saturated rings. The molecule has 0 N–H and O–H groups in total. The highest BCUT2D eigenvalue weighted by atomic mass is 32.1. The fourth-order valence-corrected chi connectivity index (χ4v) is 4.84. The molecular weight excluding hydrogens is 372 g/mol. The van der Waals surface area contributed by atoms with Crippen LogP contribution >= 0.6 is 11.3 Å². The zero-order chi connectivity index (χ0) is 18.9. The summed E-state index contributed by atoms with van der Waals surface area (Å²) in [4.78, 5) is 19.3. The van der Waals surface area contributed by atoms with E-state index >= 15 is 0 Å². The van der Waals surface area contributed by atoms with E-state index in [0.29, 0.717) is 5.92 Å². The molecule has 5 nitrogen and oxygen atoms in total. The number of likely N-dealkylation sites (tertiary alicyclic amines) is 1. The van der Waals surface area contributed by atoms with Crippen molar-refractivity contribution in [2.45, 2.75) is 18.8 Å². The average Bonchev–Trinajstić information content (AvgIpc) is 3.38. The van der Waals surface area contributed by atoms with Crippen molar-refractivity contribution in [1.82, 2.24) is 9.88 Å². The second-order valence-electron chi connectivity index (χ2n) is 7.07. The Hall–Kier alpha value is -2.86. The number of hydrogen-bond donors (Lipinski definition) is 0. The lowest BCUT2D eigenvalue weighted by atomic mass is 9.97. The van der Waals surface area contributed by atoms with E-state index < -0.39 is 0 Å². The van der Waals surface area contributed by atoms with E-state index in [9.17, 15) is 4.79 Å². The van der Waals surface area contributed by atoms with E-state index in [1.54, 1.807) is 17.4 Å². The Balaban J connectivity index is 1.21. The van der Waals surface area contributed by atoms with Gasteiger partial charge in [-0.3, -0.25) is 4.79 Å². The SMILES string of the molecule is O=C(/C=C/c1ccc2c(c1)OCO2)N1CCC(c2nc3ccccc3s2)CC1. The Morgan fingerprint density at radius 2 is 1.93 bits per heavy atom. The molecule has 2 aliphatic rings. The lowest BCUT2D eigenvalue weighted by Crippen LogP contribution is -2.36. The maximum absolute atomic E-state index is 12.6. The number of ether oxygens (including phenoxy) is 2. The van der Waals surface area contributed by atoms with Gasteiger partial charge < -0.3 is 14.4 Å². The summed E-state index contributed by atoms with van der Waals surface area (Å²) in [6.45, 7) is 1.79. The highest BCUT2D eigenvalue weighted by Crippen LogP contribution is 2.34. The molecule has 5 rings (SSSR count). The van der Waals surface area contributed by atoms with Gasteiger partial charge in [-0.1, -0.05) is 18.2 Å². The average molecular weight is 392 g/mol. The lowest BCUT2D eigenvalue weighted by molar-refractivity contribution is -0.126. The predicted octanol–water partition coefficient (Wildman–Crippen LogP) is 4.44. The topological polar surface area (TPSA) is 51.7 Å². The van der Waals surface area contributed by atoms with Gasteiger partial charge in [-0.25, -0.2) is 4.98 Å². The quantitative estimate of drug-likeness (QED) is 0.618. The second kappa shape index (κ2) is 7.28. The van der Waals surface area contributed by atoms with Crippen LogP contribution in [0.4, 0.5) is 0 Å². The maximum atomic E-state index is 12.6. The third-order valence-corrected chi connectivity index (χ3v) is 6.48. The molecule has 0 bridgehead atoms. The minimum Gasteiger partial charge on any atom is -0.454 e. The van der Waals surface area contributed by atoms with E-state index in [1.807, 2.05) is 35.2 Å². The number of para-hydroxylation sites is 1. The Kier molecular flexibility index (Phi) is 4.49. The first-order valence-corrected chi connectivity index (χ1v) is 10.3. The summed E-state index contributed by atoms with van der Waals surface area (Å²) >= 11 is 1.78. The molecule has 0 saturated carbocycles. The molecule has 1 aromatic heterocycles. The number of amides is 1. The summed E-state index contributed by atoms with van der Waals surface area (Å²) in [5.74, 6) is 1.98. The van der Waals surface area contributed by atoms with Crippen LogP contribution in [0, 0.1) is 0 Å². The third-order valence-electron chi connectivity index (χ3n) is 5.28. The number of nitrogens with zero attached hydrogens (tertiary/aromatic N) is 2. The number of carbonyl (C=O) groups is 1. The zero-order valence-electron chi connectivity index (χ0n) is 15.3. The minimum absolute atomic E-state index is 0.0559. The highest BCUT2D eigenvalue weighted by Gasteiger charge is 2.25. The summed E-state index contributed by atoms with van der Waals surface area (Å²) < 4.78 is 11.9. The number of thiazole rings is 1. The fraction of sp³-hybridized carbons (Fsp3) is 0.273. The van der Waals surface area contributed by atoms with Crippen LogP contribution in [-0.4, -0.2) is 35.7 Å². The molecular formula is C22H20N2O3S. The van der Waals surface area contributed by atoms with E-state index in [-0.39, 0.29) is 12.7 Å². The molecule has 0 radical (unpaired) electrons. The number of aromatic nitrogens is 1. The van der Waals surface area contributed by atoms with Gasteiger partial charge in [-0.15, -0.1) is 11.3 Å². The first-order valence-electron chi connectivity index (χ1n) is 9.48. The Morgan fingerprint density at radius 3 is 2.79 bits per heavy atom. The molecule has 0 spiro atoms. The molecule has 142 valence electrons. The monoisotopic (exact) mass is 392 g/mol. The van der Waals surface area contributed by atoms with E-state index in [4.69, 9.17) is 14.5 Å². The Bertz CT molecular complexity index is 1020. The van der Waals surface area contributed by atoms with E-state index in [2.05, 4.69) is 18.2 Å². The summed E-state index contributed by atoms with van der Waals surface area (Å²) in [5, 5.41) is 1.20. The molecule has 2 aromatic carbocycles. The van der Waals surface area contributed by atoms with Crippen molar-refractivity contribution in [2.75, 3.05) is 19.9 Å². The van der Waals surface area contributed by atoms with Gasteiger partial charge in [0.05, 0.1) is 15.2 Å². The van der Waals surface area contributed by atoms with Crippen molar-refractivity contribution in [1.29, 1.82) is 0 Å². The van der Waals surface area contributed by atoms with Crippen LogP contribution < -0.4 is 9.47 Å². The summed E-state index contributed by atoms with van der Waals surface area (Å²) in [6.07, 6.45) is 5.41. The van der Waals surface area contributed by atoms with Gasteiger partial charge in [-0.2, -0.15) is 0 Å².